The van der Waals surface area contributed by atoms with E-state index in [0.717, 1.165) is 48.8 Å². The molecule has 1 amide bonds. The summed E-state index contributed by atoms with van der Waals surface area (Å²) in [7, 11) is 1.61. The summed E-state index contributed by atoms with van der Waals surface area (Å²) >= 11 is 1.88. The van der Waals surface area contributed by atoms with Crippen molar-refractivity contribution in [3.63, 3.8) is 0 Å². The van der Waals surface area contributed by atoms with Crippen molar-refractivity contribution < 1.29 is 9.53 Å². The molecule has 7 heteroatoms. The second-order valence-corrected chi connectivity index (χ2v) is 10.9. The normalized spacial score (nSPS) is 16.6. The van der Waals surface area contributed by atoms with Crippen molar-refractivity contribution in [2.75, 3.05) is 38.2 Å². The van der Waals surface area contributed by atoms with E-state index in [4.69, 9.17) is 14.7 Å². The first-order valence-electron chi connectivity index (χ1n) is 12.5. The van der Waals surface area contributed by atoms with Crippen LogP contribution in [0.25, 0.3) is 10.2 Å². The molecule has 1 aliphatic heterocycles. The Morgan fingerprint density at radius 2 is 1.82 bits per heavy atom. The smallest absolute Gasteiger partial charge is 0.257 e. The molecular formula is C27H34N4O2S. The van der Waals surface area contributed by atoms with Crippen molar-refractivity contribution >= 4 is 33.3 Å². The molecule has 1 fully saturated rings. The number of hydrogen-bond acceptors (Lipinski definition) is 6. The van der Waals surface area contributed by atoms with Gasteiger partial charge in [0.2, 0.25) is 0 Å². The second kappa shape index (κ2) is 9.90. The number of anilines is 1. The van der Waals surface area contributed by atoms with Gasteiger partial charge in [0.05, 0.1) is 18.1 Å². The molecule has 5 rings (SSSR count). The number of nitrogens with zero attached hydrogens (tertiary/aromatic N) is 4. The molecule has 0 bridgehead atoms. The number of ether oxygens (including phenoxy) is 1. The highest BCUT2D eigenvalue weighted by atomic mass is 32.1. The predicted molar refractivity (Wildman–Crippen MR) is 138 cm³/mol. The maximum Gasteiger partial charge on any atom is 0.257 e. The molecule has 3 aromatic rings. The number of benzene rings is 1. The number of amides is 1. The number of carbonyl (C=O) groups excluding carboxylic acids is 1. The summed E-state index contributed by atoms with van der Waals surface area (Å²) in [6.45, 7) is 7.35. The van der Waals surface area contributed by atoms with E-state index in [1.54, 1.807) is 7.11 Å². The maximum atomic E-state index is 13.2. The highest BCUT2D eigenvalue weighted by Crippen LogP contribution is 2.39. The first kappa shape index (κ1) is 23.1. The molecule has 0 unspecified atom stereocenters. The molecule has 6 nitrogen and oxygen atoms in total. The molecule has 0 saturated carbocycles. The summed E-state index contributed by atoms with van der Waals surface area (Å²) in [5.74, 6) is 3.21. The highest BCUT2D eigenvalue weighted by Gasteiger charge is 2.28. The number of aryl methyl sites for hydroxylation is 2. The van der Waals surface area contributed by atoms with Crippen molar-refractivity contribution in [2.24, 2.45) is 5.92 Å². The van der Waals surface area contributed by atoms with Crippen LogP contribution in [-0.2, 0) is 19.3 Å². The number of carbonyl (C=O) groups is 1. The van der Waals surface area contributed by atoms with E-state index < -0.39 is 0 Å². The zero-order valence-corrected chi connectivity index (χ0v) is 21.3. The Morgan fingerprint density at radius 3 is 2.59 bits per heavy atom. The van der Waals surface area contributed by atoms with Crippen LogP contribution in [0.5, 0.6) is 5.75 Å². The summed E-state index contributed by atoms with van der Waals surface area (Å²) in [5.41, 5.74) is 2.11. The van der Waals surface area contributed by atoms with E-state index in [1.807, 2.05) is 40.5 Å². The van der Waals surface area contributed by atoms with Crippen molar-refractivity contribution in [2.45, 2.75) is 52.4 Å². The van der Waals surface area contributed by atoms with E-state index in [0.29, 0.717) is 30.3 Å². The van der Waals surface area contributed by atoms with E-state index in [1.165, 1.54) is 35.1 Å². The predicted octanol–water partition coefficient (Wildman–Crippen LogP) is 5.13. The van der Waals surface area contributed by atoms with Gasteiger partial charge >= 0.3 is 0 Å². The number of aromatic nitrogens is 2. The minimum absolute atomic E-state index is 0.0369. The van der Waals surface area contributed by atoms with Gasteiger partial charge in [-0.3, -0.25) is 4.79 Å². The van der Waals surface area contributed by atoms with Crippen LogP contribution in [0.3, 0.4) is 0 Å². The number of methoxy groups -OCH3 is 1. The van der Waals surface area contributed by atoms with Crippen LogP contribution in [0.15, 0.2) is 24.3 Å². The highest BCUT2D eigenvalue weighted by molar-refractivity contribution is 7.19. The lowest BCUT2D eigenvalue weighted by atomic mass is 10.1. The summed E-state index contributed by atoms with van der Waals surface area (Å²) in [6.07, 6.45) is 6.99. The van der Waals surface area contributed by atoms with E-state index in [9.17, 15) is 4.79 Å². The first-order valence-corrected chi connectivity index (χ1v) is 13.3. The third-order valence-electron chi connectivity index (χ3n) is 6.89. The zero-order valence-electron chi connectivity index (χ0n) is 20.5. The topological polar surface area (TPSA) is 58.6 Å². The zero-order chi connectivity index (χ0) is 23.7. The molecule has 2 aliphatic rings. The number of piperazine rings is 1. The average molecular weight is 479 g/mol. The molecule has 0 atom stereocenters. The lowest BCUT2D eigenvalue weighted by Crippen LogP contribution is -2.49. The Labute approximate surface area is 206 Å². The molecule has 180 valence electrons. The average Bonchev–Trinajstić information content (AvgIpc) is 3.03. The van der Waals surface area contributed by atoms with Gasteiger partial charge in [-0.25, -0.2) is 9.97 Å². The maximum absolute atomic E-state index is 13.2. The molecule has 0 radical (unpaired) electrons. The fraction of sp³-hybridized carbons (Fsp3) is 0.519. The Hall–Kier alpha value is -2.67. The van der Waals surface area contributed by atoms with Crippen LogP contribution in [0, 0.1) is 5.92 Å². The van der Waals surface area contributed by atoms with Crippen molar-refractivity contribution in [1.82, 2.24) is 14.9 Å². The largest absolute Gasteiger partial charge is 0.496 e. The fourth-order valence-corrected chi connectivity index (χ4v) is 6.43. The lowest BCUT2D eigenvalue weighted by Gasteiger charge is -2.36. The summed E-state index contributed by atoms with van der Waals surface area (Å²) in [5, 5.41) is 1.28. The Bertz CT molecular complexity index is 1180. The molecule has 2 aromatic heterocycles. The lowest BCUT2D eigenvalue weighted by molar-refractivity contribution is 0.0743. The van der Waals surface area contributed by atoms with E-state index in [-0.39, 0.29) is 5.91 Å². The molecule has 1 aliphatic carbocycles. The van der Waals surface area contributed by atoms with E-state index >= 15 is 0 Å². The Kier molecular flexibility index (Phi) is 6.73. The summed E-state index contributed by atoms with van der Waals surface area (Å²) in [6, 6.07) is 7.48. The number of hydrogen-bond donors (Lipinski definition) is 0. The van der Waals surface area contributed by atoms with Gasteiger partial charge in [0.25, 0.3) is 5.91 Å². The van der Waals surface area contributed by atoms with Crippen LogP contribution >= 0.6 is 11.3 Å². The van der Waals surface area contributed by atoms with Crippen LogP contribution in [0.2, 0.25) is 0 Å². The molecule has 3 heterocycles. The van der Waals surface area contributed by atoms with Gasteiger partial charge in [0.15, 0.2) is 0 Å². The number of rotatable bonds is 5. The van der Waals surface area contributed by atoms with Gasteiger partial charge in [-0.05, 0) is 49.3 Å². The van der Waals surface area contributed by atoms with Crippen LogP contribution in [0.4, 0.5) is 5.82 Å². The SMILES string of the molecule is COc1ccccc1C(=O)N1CCN(c2nc(CC(C)C)nc3sc4c(c23)CCCCC4)CC1. The monoisotopic (exact) mass is 478 g/mol. The van der Waals surface area contributed by atoms with Gasteiger partial charge in [0, 0.05) is 37.5 Å². The van der Waals surface area contributed by atoms with Gasteiger partial charge in [0.1, 0.15) is 22.2 Å². The van der Waals surface area contributed by atoms with Crippen LogP contribution < -0.4 is 9.64 Å². The third kappa shape index (κ3) is 4.50. The molecule has 0 spiro atoms. The van der Waals surface area contributed by atoms with Gasteiger partial charge in [-0.1, -0.05) is 32.4 Å². The van der Waals surface area contributed by atoms with Crippen molar-refractivity contribution in [3.05, 3.63) is 46.1 Å². The minimum Gasteiger partial charge on any atom is -0.496 e. The fourth-order valence-electron chi connectivity index (χ4n) is 5.16. The van der Waals surface area contributed by atoms with Gasteiger partial charge in [-0.15, -0.1) is 11.3 Å². The Balaban J connectivity index is 1.44. The molecule has 1 saturated heterocycles. The summed E-state index contributed by atoms with van der Waals surface area (Å²) < 4.78 is 5.42. The van der Waals surface area contributed by atoms with Crippen LogP contribution in [-0.4, -0.2) is 54.1 Å². The molecule has 1 aromatic carbocycles. The number of thiophene rings is 1. The van der Waals surface area contributed by atoms with Crippen LogP contribution in [0.1, 0.15) is 59.7 Å². The standard InChI is InChI=1S/C27H34N4O2S/c1-18(2)17-23-28-25(24-20-10-5-4-6-12-22(20)34-26(24)29-23)30-13-15-31(16-14-30)27(32)19-9-7-8-11-21(19)33-3/h7-9,11,18H,4-6,10,12-17H2,1-3H3. The van der Waals surface area contributed by atoms with E-state index in [2.05, 4.69) is 18.7 Å². The number of para-hydroxylation sites is 1. The number of fused-ring (bicyclic) bond motifs is 3. The van der Waals surface area contributed by atoms with Gasteiger partial charge < -0.3 is 14.5 Å². The molecule has 0 N–H and O–H groups in total. The molecular weight excluding hydrogens is 444 g/mol. The Morgan fingerprint density at radius 1 is 1.06 bits per heavy atom. The first-order chi connectivity index (χ1) is 16.5. The second-order valence-electron chi connectivity index (χ2n) is 9.79. The minimum atomic E-state index is 0.0369. The summed E-state index contributed by atoms with van der Waals surface area (Å²) in [4.78, 5) is 30.3. The van der Waals surface area contributed by atoms with Crippen molar-refractivity contribution in [1.29, 1.82) is 0 Å². The third-order valence-corrected chi connectivity index (χ3v) is 8.07. The van der Waals surface area contributed by atoms with Crippen molar-refractivity contribution in [3.8, 4) is 5.75 Å². The van der Waals surface area contributed by atoms with Gasteiger partial charge in [-0.2, -0.15) is 0 Å². The quantitative estimate of drug-likeness (QED) is 0.476. The molecule has 34 heavy (non-hydrogen) atoms.